The van der Waals surface area contributed by atoms with E-state index in [0.29, 0.717) is 11.6 Å². The first-order chi connectivity index (χ1) is 14.4. The lowest BCUT2D eigenvalue weighted by atomic mass is 10.1. The summed E-state index contributed by atoms with van der Waals surface area (Å²) in [4.78, 5) is 27.5. The van der Waals surface area contributed by atoms with Crippen molar-refractivity contribution in [3.63, 3.8) is 0 Å². The molecule has 0 unspecified atom stereocenters. The molecule has 0 bridgehead atoms. The smallest absolute Gasteiger partial charge is 0.328 e. The summed E-state index contributed by atoms with van der Waals surface area (Å²) >= 11 is 0. The minimum absolute atomic E-state index is 0.0152. The van der Waals surface area contributed by atoms with Crippen molar-refractivity contribution in [3.8, 4) is 11.3 Å². The SMILES string of the molecule is Cc1cncc(-c2ccc3c(n2)N(C(=O)Nc2cc(C)c(C)[nH]2)[C@H](C)CCCN3)c1. The first-order valence-electron chi connectivity index (χ1n) is 10.4. The second-order valence-electron chi connectivity index (χ2n) is 8.03. The molecule has 0 fully saturated rings. The first kappa shape index (κ1) is 19.9. The van der Waals surface area contributed by atoms with Gasteiger partial charge >= 0.3 is 6.03 Å². The van der Waals surface area contributed by atoms with Crippen LogP contribution in [0, 0.1) is 20.8 Å². The summed E-state index contributed by atoms with van der Waals surface area (Å²) < 4.78 is 0. The van der Waals surface area contributed by atoms with Gasteiger partial charge in [0.2, 0.25) is 0 Å². The van der Waals surface area contributed by atoms with Gasteiger partial charge in [-0.3, -0.25) is 15.2 Å². The Morgan fingerprint density at radius 3 is 2.77 bits per heavy atom. The number of urea groups is 1. The minimum atomic E-state index is -0.194. The minimum Gasteiger partial charge on any atom is -0.382 e. The van der Waals surface area contributed by atoms with Crippen LogP contribution in [0.4, 0.5) is 22.1 Å². The molecule has 1 atom stereocenters. The van der Waals surface area contributed by atoms with Gasteiger partial charge in [-0.05, 0) is 75.9 Å². The standard InChI is InChI=1S/C23H28N6O/c1-14-10-18(13-24-12-14)19-7-8-20-22(27-19)29(16(3)6-5-9-25-20)23(30)28-21-11-15(2)17(4)26-21/h7-8,10-13,16,25-26H,5-6,9H2,1-4H3,(H,28,30)/t16-/m1/s1. The zero-order chi connectivity index (χ0) is 21.3. The van der Waals surface area contributed by atoms with Gasteiger partial charge in [-0.1, -0.05) is 0 Å². The summed E-state index contributed by atoms with van der Waals surface area (Å²) in [5.41, 5.74) is 5.81. The van der Waals surface area contributed by atoms with Gasteiger partial charge in [0.1, 0.15) is 5.82 Å². The maximum Gasteiger partial charge on any atom is 0.328 e. The summed E-state index contributed by atoms with van der Waals surface area (Å²) in [6.45, 7) is 8.95. The lowest BCUT2D eigenvalue weighted by Crippen LogP contribution is -2.43. The molecular formula is C23H28N6O. The van der Waals surface area contributed by atoms with Gasteiger partial charge in [-0.25, -0.2) is 9.78 Å². The number of aromatic nitrogens is 3. The Morgan fingerprint density at radius 2 is 2.03 bits per heavy atom. The molecule has 0 saturated heterocycles. The van der Waals surface area contributed by atoms with Gasteiger partial charge in [-0.2, -0.15) is 0 Å². The second kappa shape index (κ2) is 8.18. The van der Waals surface area contributed by atoms with E-state index in [0.717, 1.165) is 53.2 Å². The largest absolute Gasteiger partial charge is 0.382 e. The summed E-state index contributed by atoms with van der Waals surface area (Å²) in [5, 5.41) is 6.44. The van der Waals surface area contributed by atoms with Crippen molar-refractivity contribution in [3.05, 3.63) is 53.5 Å². The summed E-state index contributed by atoms with van der Waals surface area (Å²) in [6.07, 6.45) is 5.49. The summed E-state index contributed by atoms with van der Waals surface area (Å²) in [7, 11) is 0. The monoisotopic (exact) mass is 404 g/mol. The molecule has 7 nitrogen and oxygen atoms in total. The van der Waals surface area contributed by atoms with E-state index in [-0.39, 0.29) is 12.1 Å². The van der Waals surface area contributed by atoms with E-state index in [9.17, 15) is 4.79 Å². The lowest BCUT2D eigenvalue weighted by Gasteiger charge is -2.32. The van der Waals surface area contributed by atoms with E-state index in [1.54, 1.807) is 11.1 Å². The zero-order valence-corrected chi connectivity index (χ0v) is 17.9. The highest BCUT2D eigenvalue weighted by molar-refractivity contribution is 6.03. The number of aromatic amines is 1. The second-order valence-corrected chi connectivity index (χ2v) is 8.03. The number of carbonyl (C=O) groups excluding carboxylic acids is 1. The third kappa shape index (κ3) is 4.01. The zero-order valence-electron chi connectivity index (χ0n) is 17.9. The number of amides is 2. The fraction of sp³-hybridized carbons (Fsp3) is 0.348. The fourth-order valence-corrected chi connectivity index (χ4v) is 3.78. The van der Waals surface area contributed by atoms with Crippen LogP contribution < -0.4 is 15.5 Å². The van der Waals surface area contributed by atoms with Crippen LogP contribution in [0.1, 0.15) is 36.6 Å². The molecule has 3 N–H and O–H groups in total. The van der Waals surface area contributed by atoms with Crippen LogP contribution in [0.2, 0.25) is 0 Å². The third-order valence-electron chi connectivity index (χ3n) is 5.56. The van der Waals surface area contributed by atoms with E-state index < -0.39 is 0 Å². The Morgan fingerprint density at radius 1 is 1.20 bits per heavy atom. The van der Waals surface area contributed by atoms with Gasteiger partial charge in [0, 0.05) is 36.2 Å². The van der Waals surface area contributed by atoms with E-state index in [2.05, 4.69) is 33.6 Å². The van der Waals surface area contributed by atoms with Crippen molar-refractivity contribution >= 4 is 23.4 Å². The van der Waals surface area contributed by atoms with E-state index >= 15 is 0 Å². The highest BCUT2D eigenvalue weighted by atomic mass is 16.2. The topological polar surface area (TPSA) is 85.9 Å². The number of H-pyrrole nitrogens is 1. The summed E-state index contributed by atoms with van der Waals surface area (Å²) in [5.74, 6) is 1.33. The predicted octanol–water partition coefficient (Wildman–Crippen LogP) is 5.03. The van der Waals surface area contributed by atoms with Gasteiger partial charge in [0.15, 0.2) is 5.82 Å². The van der Waals surface area contributed by atoms with Crippen LogP contribution in [0.3, 0.4) is 0 Å². The molecule has 7 heteroatoms. The van der Waals surface area contributed by atoms with Gasteiger partial charge in [0.05, 0.1) is 11.4 Å². The molecule has 156 valence electrons. The fourth-order valence-electron chi connectivity index (χ4n) is 3.78. The average molecular weight is 405 g/mol. The molecule has 1 aliphatic rings. The van der Waals surface area contributed by atoms with Crippen molar-refractivity contribution in [2.75, 3.05) is 22.1 Å². The van der Waals surface area contributed by atoms with Gasteiger partial charge < -0.3 is 10.3 Å². The van der Waals surface area contributed by atoms with Crippen LogP contribution in [0.25, 0.3) is 11.3 Å². The molecule has 3 aromatic heterocycles. The number of carbonyl (C=O) groups is 1. The number of nitrogens with zero attached hydrogens (tertiary/aromatic N) is 3. The number of aryl methyl sites for hydroxylation is 3. The number of anilines is 3. The van der Waals surface area contributed by atoms with E-state index in [1.165, 1.54) is 0 Å². The molecular weight excluding hydrogens is 376 g/mol. The third-order valence-corrected chi connectivity index (χ3v) is 5.56. The molecule has 0 saturated carbocycles. The molecule has 0 aliphatic carbocycles. The maximum absolute atomic E-state index is 13.3. The van der Waals surface area contributed by atoms with Crippen LogP contribution in [0.15, 0.2) is 36.7 Å². The Hall–Kier alpha value is -3.35. The van der Waals surface area contributed by atoms with E-state index in [1.807, 2.05) is 45.2 Å². The Kier molecular flexibility index (Phi) is 5.44. The molecule has 0 radical (unpaired) electrons. The molecule has 4 heterocycles. The number of fused-ring (bicyclic) bond motifs is 1. The number of rotatable bonds is 2. The van der Waals surface area contributed by atoms with Crippen LogP contribution in [0.5, 0.6) is 0 Å². The van der Waals surface area contributed by atoms with Crippen molar-refractivity contribution in [2.24, 2.45) is 0 Å². The Bertz CT molecular complexity index is 1050. The van der Waals surface area contributed by atoms with Crippen molar-refractivity contribution in [2.45, 2.75) is 46.6 Å². The molecule has 3 aromatic rings. The van der Waals surface area contributed by atoms with E-state index in [4.69, 9.17) is 4.98 Å². The highest BCUT2D eigenvalue weighted by Crippen LogP contribution is 2.32. The van der Waals surface area contributed by atoms with Gasteiger partial charge in [0.25, 0.3) is 0 Å². The summed E-state index contributed by atoms with van der Waals surface area (Å²) in [6, 6.07) is 7.80. The van der Waals surface area contributed by atoms with Crippen LogP contribution >= 0.6 is 0 Å². The van der Waals surface area contributed by atoms with Crippen LogP contribution in [-0.4, -0.2) is 33.6 Å². The van der Waals surface area contributed by atoms with Crippen LogP contribution in [-0.2, 0) is 0 Å². The molecule has 0 spiro atoms. The lowest BCUT2D eigenvalue weighted by molar-refractivity contribution is 0.254. The molecule has 30 heavy (non-hydrogen) atoms. The number of hydrogen-bond acceptors (Lipinski definition) is 4. The highest BCUT2D eigenvalue weighted by Gasteiger charge is 2.28. The maximum atomic E-state index is 13.3. The predicted molar refractivity (Wildman–Crippen MR) is 121 cm³/mol. The Balaban J connectivity index is 1.74. The number of hydrogen-bond donors (Lipinski definition) is 3. The van der Waals surface area contributed by atoms with Gasteiger partial charge in [-0.15, -0.1) is 0 Å². The first-order valence-corrected chi connectivity index (χ1v) is 10.4. The number of pyridine rings is 2. The molecule has 0 aromatic carbocycles. The molecule has 4 rings (SSSR count). The molecule has 1 aliphatic heterocycles. The average Bonchev–Trinajstić information content (AvgIpc) is 3.01. The van der Waals surface area contributed by atoms with Crippen molar-refractivity contribution in [1.29, 1.82) is 0 Å². The quantitative estimate of drug-likeness (QED) is 0.559. The van der Waals surface area contributed by atoms with Crippen molar-refractivity contribution in [1.82, 2.24) is 15.0 Å². The Labute approximate surface area is 176 Å². The number of nitrogens with one attached hydrogen (secondary N) is 3. The normalized spacial score (nSPS) is 16.3. The molecule has 2 amide bonds. The van der Waals surface area contributed by atoms with Crippen molar-refractivity contribution < 1.29 is 4.79 Å².